The molecule has 3 aromatic rings. The van der Waals surface area contributed by atoms with Gasteiger partial charge in [0.15, 0.2) is 0 Å². The average molecular weight is 380 g/mol. The van der Waals surface area contributed by atoms with Crippen LogP contribution in [0.25, 0.3) is 16.3 Å². The minimum atomic E-state index is -0.201. The van der Waals surface area contributed by atoms with E-state index in [-0.39, 0.29) is 11.3 Å². The molecule has 1 fully saturated rings. The van der Waals surface area contributed by atoms with Gasteiger partial charge in [-0.1, -0.05) is 44.0 Å². The number of thiophene rings is 1. The summed E-state index contributed by atoms with van der Waals surface area (Å²) in [6.07, 6.45) is 6.37. The van der Waals surface area contributed by atoms with Crippen LogP contribution in [0.1, 0.15) is 38.2 Å². The van der Waals surface area contributed by atoms with Crippen molar-refractivity contribution >= 4 is 17.2 Å². The van der Waals surface area contributed by atoms with Crippen LogP contribution in [0.5, 0.6) is 0 Å². The summed E-state index contributed by atoms with van der Waals surface area (Å²) >= 11 is 1.68. The fourth-order valence-corrected chi connectivity index (χ4v) is 4.76. The molecule has 0 radical (unpaired) electrons. The lowest BCUT2D eigenvalue weighted by atomic mass is 9.87. The second-order valence-corrected chi connectivity index (χ2v) is 8.64. The quantitative estimate of drug-likeness (QED) is 0.616. The molecule has 140 valence electrons. The van der Waals surface area contributed by atoms with Gasteiger partial charge in [-0.2, -0.15) is 5.10 Å². The number of aromatic nitrogens is 2. The van der Waals surface area contributed by atoms with Gasteiger partial charge in [0.25, 0.3) is 0 Å². The third-order valence-electron chi connectivity index (χ3n) is 5.54. The highest BCUT2D eigenvalue weighted by Crippen LogP contribution is 2.39. The molecular formula is C22H25N3OS. The molecule has 0 saturated heterocycles. The summed E-state index contributed by atoms with van der Waals surface area (Å²) in [5.74, 6) is 0.254. The number of nitrogens with zero attached hydrogens (tertiary/aromatic N) is 3. The van der Waals surface area contributed by atoms with Crippen molar-refractivity contribution < 1.29 is 4.79 Å². The minimum absolute atomic E-state index is 0.201. The number of para-hydroxylation sites is 1. The number of benzene rings is 1. The van der Waals surface area contributed by atoms with Crippen molar-refractivity contribution in [1.82, 2.24) is 14.7 Å². The van der Waals surface area contributed by atoms with Crippen LogP contribution in [0, 0.1) is 5.41 Å². The number of rotatable bonds is 5. The molecule has 1 aromatic carbocycles. The second kappa shape index (κ2) is 7.31. The van der Waals surface area contributed by atoms with Crippen molar-refractivity contribution in [2.24, 2.45) is 5.41 Å². The van der Waals surface area contributed by atoms with E-state index in [1.165, 1.54) is 0 Å². The second-order valence-electron chi connectivity index (χ2n) is 7.69. The molecule has 2 heterocycles. The van der Waals surface area contributed by atoms with E-state index in [0.29, 0.717) is 6.54 Å². The van der Waals surface area contributed by atoms with E-state index in [1.807, 2.05) is 53.0 Å². The van der Waals surface area contributed by atoms with Crippen molar-refractivity contribution in [2.45, 2.75) is 39.2 Å². The third-order valence-corrected chi connectivity index (χ3v) is 6.42. The van der Waals surface area contributed by atoms with Gasteiger partial charge in [-0.15, -0.1) is 11.3 Å². The molecule has 0 atom stereocenters. The molecule has 4 nitrogen and oxygen atoms in total. The smallest absolute Gasteiger partial charge is 0.228 e. The first kappa shape index (κ1) is 18.0. The number of carbonyl (C=O) groups is 1. The van der Waals surface area contributed by atoms with E-state index in [9.17, 15) is 4.79 Å². The van der Waals surface area contributed by atoms with E-state index in [1.54, 1.807) is 11.3 Å². The highest BCUT2D eigenvalue weighted by atomic mass is 32.1. The maximum Gasteiger partial charge on any atom is 0.228 e. The molecule has 0 aliphatic heterocycles. The summed E-state index contributed by atoms with van der Waals surface area (Å²) in [6, 6.07) is 14.2. The van der Waals surface area contributed by atoms with Crippen LogP contribution in [0.2, 0.25) is 0 Å². The highest BCUT2D eigenvalue weighted by Gasteiger charge is 2.38. The van der Waals surface area contributed by atoms with Crippen LogP contribution in [-0.4, -0.2) is 27.6 Å². The fraction of sp³-hybridized carbons (Fsp3) is 0.364. The first-order valence-corrected chi connectivity index (χ1v) is 10.4. The summed E-state index contributed by atoms with van der Waals surface area (Å²) in [5, 5.41) is 6.90. The van der Waals surface area contributed by atoms with Crippen molar-refractivity contribution in [1.29, 1.82) is 0 Å². The molecule has 0 spiro atoms. The van der Waals surface area contributed by atoms with E-state index >= 15 is 0 Å². The molecule has 1 aliphatic carbocycles. The van der Waals surface area contributed by atoms with Crippen LogP contribution >= 0.6 is 11.3 Å². The molecule has 1 aliphatic rings. The first-order valence-electron chi connectivity index (χ1n) is 9.50. The first-order chi connectivity index (χ1) is 13.1. The molecule has 5 heteroatoms. The van der Waals surface area contributed by atoms with Crippen molar-refractivity contribution in [3.8, 4) is 16.3 Å². The predicted octanol–water partition coefficient (Wildman–Crippen LogP) is 5.14. The van der Waals surface area contributed by atoms with Gasteiger partial charge in [0, 0.05) is 30.8 Å². The normalized spacial score (nSPS) is 15.8. The van der Waals surface area contributed by atoms with Gasteiger partial charge >= 0.3 is 0 Å². The average Bonchev–Trinajstić information content (AvgIpc) is 3.42. The molecular weight excluding hydrogens is 354 g/mol. The van der Waals surface area contributed by atoms with Gasteiger partial charge in [0.1, 0.15) is 5.69 Å². The molecule has 1 amide bonds. The van der Waals surface area contributed by atoms with E-state index in [4.69, 9.17) is 5.10 Å². The molecule has 0 N–H and O–H groups in total. The van der Waals surface area contributed by atoms with Crippen LogP contribution < -0.4 is 0 Å². The zero-order chi connectivity index (χ0) is 18.9. The van der Waals surface area contributed by atoms with Gasteiger partial charge < -0.3 is 4.90 Å². The topological polar surface area (TPSA) is 38.1 Å². The zero-order valence-corrected chi connectivity index (χ0v) is 16.7. The molecule has 0 unspecified atom stereocenters. The van der Waals surface area contributed by atoms with Crippen LogP contribution in [0.15, 0.2) is 54.0 Å². The number of carbonyl (C=O) groups excluding carboxylic acids is 1. The summed E-state index contributed by atoms with van der Waals surface area (Å²) in [4.78, 5) is 16.1. The van der Waals surface area contributed by atoms with Gasteiger partial charge in [0.2, 0.25) is 5.91 Å². The van der Waals surface area contributed by atoms with Crippen LogP contribution in [0.3, 0.4) is 0 Å². The Kier molecular flexibility index (Phi) is 4.87. The Bertz CT molecular complexity index is 908. The third kappa shape index (κ3) is 3.56. The lowest BCUT2D eigenvalue weighted by Gasteiger charge is -2.28. The molecule has 2 aromatic heterocycles. The molecule has 4 rings (SSSR count). The Hall–Kier alpha value is -2.40. The Morgan fingerprint density at radius 3 is 2.59 bits per heavy atom. The summed E-state index contributed by atoms with van der Waals surface area (Å²) in [6.45, 7) is 2.70. The zero-order valence-electron chi connectivity index (χ0n) is 15.9. The Morgan fingerprint density at radius 1 is 1.19 bits per heavy atom. The highest BCUT2D eigenvalue weighted by molar-refractivity contribution is 7.13. The monoisotopic (exact) mass is 379 g/mol. The van der Waals surface area contributed by atoms with Gasteiger partial charge in [-0.05, 0) is 36.4 Å². The Morgan fingerprint density at radius 2 is 1.93 bits per heavy atom. The van der Waals surface area contributed by atoms with E-state index in [2.05, 4.69) is 24.6 Å². The lowest BCUT2D eigenvalue weighted by Crippen LogP contribution is -2.38. The fourth-order valence-electron chi connectivity index (χ4n) is 4.02. The molecule has 27 heavy (non-hydrogen) atoms. The Labute approximate surface area is 164 Å². The Balaban J connectivity index is 1.65. The van der Waals surface area contributed by atoms with E-state index in [0.717, 1.165) is 47.5 Å². The summed E-state index contributed by atoms with van der Waals surface area (Å²) in [7, 11) is 1.92. The van der Waals surface area contributed by atoms with Crippen molar-refractivity contribution in [3.63, 3.8) is 0 Å². The van der Waals surface area contributed by atoms with Gasteiger partial charge in [-0.3, -0.25) is 4.79 Å². The number of hydrogen-bond donors (Lipinski definition) is 0. The molecule has 1 saturated carbocycles. The van der Waals surface area contributed by atoms with Crippen LogP contribution in [0.4, 0.5) is 0 Å². The summed E-state index contributed by atoms with van der Waals surface area (Å²) < 4.78 is 1.92. The number of hydrogen-bond acceptors (Lipinski definition) is 3. The van der Waals surface area contributed by atoms with Crippen molar-refractivity contribution in [2.75, 3.05) is 7.05 Å². The lowest BCUT2D eigenvalue weighted by molar-refractivity contribution is -0.140. The largest absolute Gasteiger partial charge is 0.341 e. The molecule has 0 bridgehead atoms. The van der Waals surface area contributed by atoms with E-state index < -0.39 is 0 Å². The van der Waals surface area contributed by atoms with Gasteiger partial charge in [-0.25, -0.2) is 4.68 Å². The minimum Gasteiger partial charge on any atom is -0.341 e. The maximum absolute atomic E-state index is 13.0. The maximum atomic E-state index is 13.0. The predicted molar refractivity (Wildman–Crippen MR) is 110 cm³/mol. The number of amides is 1. The standard InChI is InChI=1S/C22H25N3OS/c1-22(12-6-7-13-22)21(26)24(2)15-17-16-25(18-9-4-3-5-10-18)23-20(17)19-11-8-14-27-19/h3-5,8-11,14,16H,6-7,12-13,15H2,1-2H3. The van der Waals surface area contributed by atoms with Crippen LogP contribution in [-0.2, 0) is 11.3 Å². The summed E-state index contributed by atoms with van der Waals surface area (Å²) in [5.41, 5.74) is 2.87. The van der Waals surface area contributed by atoms with Crippen molar-refractivity contribution in [3.05, 3.63) is 59.6 Å². The SMILES string of the molecule is CN(Cc1cn(-c2ccccc2)nc1-c1cccs1)C(=O)C1(C)CCCC1. The van der Waals surface area contributed by atoms with Gasteiger partial charge in [0.05, 0.1) is 10.6 Å².